The molecule has 0 aromatic rings. The summed E-state index contributed by atoms with van der Waals surface area (Å²) < 4.78 is 0. The van der Waals surface area contributed by atoms with Crippen molar-refractivity contribution >= 4 is 12.4 Å². The van der Waals surface area contributed by atoms with Gasteiger partial charge in [0.2, 0.25) is 0 Å². The zero-order chi connectivity index (χ0) is 3.41. The highest BCUT2D eigenvalue weighted by Crippen LogP contribution is 1.76. The van der Waals surface area contributed by atoms with Gasteiger partial charge in [0.1, 0.15) is 0 Å². The molecule has 7 heavy (non-hydrogen) atoms. The Hall–Kier alpha value is 0.210. The second-order valence-electron chi connectivity index (χ2n) is 1.000. The molecule has 0 saturated heterocycles. The molecule has 0 atom stereocenters. The molecule has 0 fully saturated rings. The Morgan fingerprint density at radius 3 is 1.00 bits per heavy atom. The number of hydrogen-bond acceptors (Lipinski definition) is 0. The highest BCUT2D eigenvalue weighted by atomic mass is 35.5. The summed E-state index contributed by atoms with van der Waals surface area (Å²) in [5, 5.41) is 0. The van der Waals surface area contributed by atoms with E-state index in [0.717, 1.165) is 0 Å². The van der Waals surface area contributed by atoms with Gasteiger partial charge in [0.25, 0.3) is 0 Å². The number of halogens is 1. The van der Waals surface area contributed by atoms with E-state index in [1.807, 2.05) is 0 Å². The summed E-state index contributed by atoms with van der Waals surface area (Å²) in [4.78, 5) is 0. The van der Waals surface area contributed by atoms with Crippen molar-refractivity contribution in [2.45, 2.75) is 26.7 Å². The molecular formula is C4H15ClO2. The largest absolute Gasteiger partial charge is 0.412 e. The molecule has 3 heteroatoms. The lowest BCUT2D eigenvalue weighted by Gasteiger charge is -1.68. The Balaban J connectivity index is -0.0000000150. The number of unbranched alkanes of at least 4 members (excludes halogenated alkanes) is 1. The summed E-state index contributed by atoms with van der Waals surface area (Å²) in [6.07, 6.45) is 2.64. The van der Waals surface area contributed by atoms with E-state index in [1.165, 1.54) is 12.8 Å². The van der Waals surface area contributed by atoms with Crippen molar-refractivity contribution in [3.8, 4) is 0 Å². The smallest absolute Gasteiger partial charge is 0.0564 e. The van der Waals surface area contributed by atoms with Crippen LogP contribution in [0, 0.1) is 0 Å². The first kappa shape index (κ1) is 27.0. The predicted molar refractivity (Wildman–Crippen MR) is 35.1 cm³/mol. The summed E-state index contributed by atoms with van der Waals surface area (Å²) in [5.41, 5.74) is 0. The Labute approximate surface area is 50.9 Å². The monoisotopic (exact) mass is 130 g/mol. The van der Waals surface area contributed by atoms with Crippen molar-refractivity contribution in [3.63, 3.8) is 0 Å². The van der Waals surface area contributed by atoms with Gasteiger partial charge < -0.3 is 11.0 Å². The maximum atomic E-state index is 2.18. The maximum absolute atomic E-state index is 2.18. The fraction of sp³-hybridized carbons (Fsp3) is 1.00. The van der Waals surface area contributed by atoms with Crippen LogP contribution in [-0.2, 0) is 0 Å². The molecule has 0 aromatic heterocycles. The van der Waals surface area contributed by atoms with Gasteiger partial charge in [-0.1, -0.05) is 26.7 Å². The lowest BCUT2D eigenvalue weighted by Crippen LogP contribution is -1.47. The summed E-state index contributed by atoms with van der Waals surface area (Å²) >= 11 is 0. The van der Waals surface area contributed by atoms with Gasteiger partial charge in [-0.05, 0) is 0 Å². The molecule has 0 amide bonds. The van der Waals surface area contributed by atoms with Crippen molar-refractivity contribution in [2.75, 3.05) is 0 Å². The Bertz CT molecular complexity index is 11.7. The van der Waals surface area contributed by atoms with Crippen LogP contribution >= 0.6 is 12.4 Å². The zero-order valence-electron chi connectivity index (χ0n) is 4.82. The average molecular weight is 131 g/mol. The average Bonchev–Trinajstić information content (AvgIpc) is 1.37. The first-order chi connectivity index (χ1) is 1.91. The van der Waals surface area contributed by atoms with Crippen LogP contribution in [0.15, 0.2) is 0 Å². The Morgan fingerprint density at radius 2 is 1.00 bits per heavy atom. The quantitative estimate of drug-likeness (QED) is 0.499. The van der Waals surface area contributed by atoms with Gasteiger partial charge in [-0.2, -0.15) is 0 Å². The highest BCUT2D eigenvalue weighted by Gasteiger charge is 1.56. The van der Waals surface area contributed by atoms with Crippen molar-refractivity contribution < 1.29 is 11.0 Å². The van der Waals surface area contributed by atoms with E-state index in [-0.39, 0.29) is 23.4 Å². The third-order valence-corrected chi connectivity index (χ3v) is 0.500. The molecule has 0 saturated carbocycles. The maximum Gasteiger partial charge on any atom is -0.0564 e. The van der Waals surface area contributed by atoms with E-state index in [2.05, 4.69) is 13.8 Å². The van der Waals surface area contributed by atoms with Crippen LogP contribution < -0.4 is 0 Å². The molecule has 0 radical (unpaired) electrons. The Kier molecular flexibility index (Phi) is 133. The molecule has 0 heterocycles. The molecule has 0 aliphatic carbocycles. The summed E-state index contributed by atoms with van der Waals surface area (Å²) in [5.74, 6) is 0. The van der Waals surface area contributed by atoms with Crippen molar-refractivity contribution in [1.82, 2.24) is 0 Å². The van der Waals surface area contributed by atoms with Gasteiger partial charge in [0, 0.05) is 0 Å². The Morgan fingerprint density at radius 1 is 0.857 bits per heavy atom. The highest BCUT2D eigenvalue weighted by molar-refractivity contribution is 5.85. The van der Waals surface area contributed by atoms with Crippen LogP contribution in [0.2, 0.25) is 0 Å². The predicted octanol–water partition coefficient (Wildman–Crippen LogP) is 0.579. The normalized spacial score (nSPS) is 4.29. The fourth-order valence-corrected chi connectivity index (χ4v) is 0. The van der Waals surface area contributed by atoms with E-state index < -0.39 is 0 Å². The fourth-order valence-electron chi connectivity index (χ4n) is 0. The molecule has 0 aliphatic rings. The summed E-state index contributed by atoms with van der Waals surface area (Å²) in [7, 11) is 0. The molecular weight excluding hydrogens is 115 g/mol. The zero-order valence-corrected chi connectivity index (χ0v) is 5.64. The summed E-state index contributed by atoms with van der Waals surface area (Å²) in [6.45, 7) is 4.36. The van der Waals surface area contributed by atoms with Gasteiger partial charge in [-0.25, -0.2) is 0 Å². The molecule has 0 unspecified atom stereocenters. The van der Waals surface area contributed by atoms with E-state index in [1.54, 1.807) is 0 Å². The van der Waals surface area contributed by atoms with Crippen molar-refractivity contribution in [1.29, 1.82) is 0 Å². The molecule has 50 valence electrons. The molecule has 2 nitrogen and oxygen atoms in total. The van der Waals surface area contributed by atoms with Gasteiger partial charge >= 0.3 is 0 Å². The molecule has 4 N–H and O–H groups in total. The second-order valence-corrected chi connectivity index (χ2v) is 1.000. The van der Waals surface area contributed by atoms with Gasteiger partial charge in [-0.15, -0.1) is 12.4 Å². The minimum atomic E-state index is 0. The number of rotatable bonds is 1. The van der Waals surface area contributed by atoms with Crippen molar-refractivity contribution in [2.24, 2.45) is 0 Å². The van der Waals surface area contributed by atoms with E-state index in [9.17, 15) is 0 Å². The third kappa shape index (κ3) is 75.2. The first-order valence-electron chi connectivity index (χ1n) is 1.91. The third-order valence-electron chi connectivity index (χ3n) is 0.500. The first-order valence-corrected chi connectivity index (χ1v) is 1.91. The van der Waals surface area contributed by atoms with E-state index in [4.69, 9.17) is 0 Å². The van der Waals surface area contributed by atoms with Crippen LogP contribution in [0.25, 0.3) is 0 Å². The molecule has 0 spiro atoms. The van der Waals surface area contributed by atoms with Gasteiger partial charge in [0.15, 0.2) is 0 Å². The molecule has 0 rings (SSSR count). The molecule has 0 bridgehead atoms. The van der Waals surface area contributed by atoms with E-state index in [0.29, 0.717) is 0 Å². The summed E-state index contributed by atoms with van der Waals surface area (Å²) in [6, 6.07) is 0. The van der Waals surface area contributed by atoms with Crippen LogP contribution in [0.4, 0.5) is 0 Å². The molecule has 0 aliphatic heterocycles. The molecule has 0 aromatic carbocycles. The van der Waals surface area contributed by atoms with Crippen LogP contribution in [0.5, 0.6) is 0 Å². The van der Waals surface area contributed by atoms with Gasteiger partial charge in [-0.3, -0.25) is 0 Å². The van der Waals surface area contributed by atoms with E-state index >= 15 is 0 Å². The van der Waals surface area contributed by atoms with Crippen LogP contribution in [0.3, 0.4) is 0 Å². The standard InChI is InChI=1S/C4H10.ClH.2H2O/c1-3-4-2;;;/h3-4H2,1-2H3;1H;2*1H2. The second kappa shape index (κ2) is 34.5. The lowest BCUT2D eigenvalue weighted by molar-refractivity contribution is 0.823. The number of hydrogen-bond donors (Lipinski definition) is 0. The van der Waals surface area contributed by atoms with Crippen LogP contribution in [-0.4, -0.2) is 11.0 Å². The minimum Gasteiger partial charge on any atom is -0.412 e. The van der Waals surface area contributed by atoms with Crippen LogP contribution in [0.1, 0.15) is 26.7 Å². The topological polar surface area (TPSA) is 63.0 Å². The van der Waals surface area contributed by atoms with Gasteiger partial charge in [0.05, 0.1) is 0 Å². The lowest BCUT2D eigenvalue weighted by atomic mass is 10.4. The SMILES string of the molecule is CCCC.Cl.O.O. The van der Waals surface area contributed by atoms with Crippen molar-refractivity contribution in [3.05, 3.63) is 0 Å². The minimum absolute atomic E-state index is 0.